The highest BCUT2D eigenvalue weighted by molar-refractivity contribution is 7.79. The maximum Gasteiger partial charge on any atom is 0.394 e. The van der Waals surface area contributed by atoms with E-state index in [1.165, 1.54) is 0 Å². The molecule has 0 atom stereocenters. The first kappa shape index (κ1) is 12.7. The molecule has 1 aromatic carbocycles. The van der Waals surface area contributed by atoms with Gasteiger partial charge in [-0.15, -0.1) is 0 Å². The van der Waals surface area contributed by atoms with Crippen LogP contribution in [0.3, 0.4) is 0 Å². The van der Waals surface area contributed by atoms with Crippen molar-refractivity contribution < 1.29 is 27.4 Å². The fourth-order valence-corrected chi connectivity index (χ4v) is 0.582. The molecule has 0 heterocycles. The van der Waals surface area contributed by atoms with E-state index < -0.39 is 10.4 Å². The average Bonchev–Trinajstić information content (AvgIpc) is 2.03. The molecule has 0 amide bonds. The van der Waals surface area contributed by atoms with E-state index in [2.05, 4.69) is 0 Å². The van der Waals surface area contributed by atoms with Gasteiger partial charge in [0.05, 0.1) is 7.11 Å². The van der Waals surface area contributed by atoms with Gasteiger partial charge in [-0.1, -0.05) is 0 Å². The van der Waals surface area contributed by atoms with Gasteiger partial charge in [0.2, 0.25) is 0 Å². The van der Waals surface area contributed by atoms with E-state index in [-0.39, 0.29) is 5.75 Å². The van der Waals surface area contributed by atoms with E-state index in [0.29, 0.717) is 0 Å². The second-order valence-electron chi connectivity index (χ2n) is 2.15. The molecule has 0 spiro atoms. The van der Waals surface area contributed by atoms with Gasteiger partial charge in [-0.05, 0) is 24.3 Å². The molecule has 0 saturated heterocycles. The molecule has 14 heavy (non-hydrogen) atoms. The summed E-state index contributed by atoms with van der Waals surface area (Å²) in [6.45, 7) is 0. The van der Waals surface area contributed by atoms with Gasteiger partial charge in [0.25, 0.3) is 0 Å². The van der Waals surface area contributed by atoms with E-state index in [9.17, 15) is 0 Å². The van der Waals surface area contributed by atoms with E-state index in [1.807, 2.05) is 0 Å². The van der Waals surface area contributed by atoms with Crippen LogP contribution in [0.2, 0.25) is 0 Å². The molecule has 0 aromatic heterocycles. The Morgan fingerprint density at radius 3 is 1.79 bits per heavy atom. The summed E-state index contributed by atoms with van der Waals surface area (Å²) in [5, 5.41) is 8.80. The fraction of sp³-hybridized carbons (Fsp3) is 0.143. The largest absolute Gasteiger partial charge is 0.508 e. The van der Waals surface area contributed by atoms with E-state index in [1.54, 1.807) is 31.4 Å². The summed E-state index contributed by atoms with van der Waals surface area (Å²) in [4.78, 5) is 0. The summed E-state index contributed by atoms with van der Waals surface area (Å²) >= 11 is 0. The maximum absolute atomic E-state index is 8.80. The molecule has 0 fully saturated rings. The lowest BCUT2D eigenvalue weighted by Crippen LogP contribution is -1.89. The van der Waals surface area contributed by atoms with Crippen molar-refractivity contribution in [3.8, 4) is 11.5 Å². The van der Waals surface area contributed by atoms with Gasteiger partial charge in [-0.3, -0.25) is 9.11 Å². The average molecular weight is 222 g/mol. The first-order chi connectivity index (χ1) is 6.33. The first-order valence-corrected chi connectivity index (χ1v) is 4.75. The van der Waals surface area contributed by atoms with Crippen LogP contribution in [0.25, 0.3) is 0 Å². The lowest BCUT2D eigenvalue weighted by Gasteiger charge is -1.96. The Hall–Kier alpha value is -1.31. The molecule has 1 rings (SSSR count). The number of aromatic hydroxyl groups is 1. The van der Waals surface area contributed by atoms with Crippen molar-refractivity contribution in [3.05, 3.63) is 24.3 Å². The molecule has 80 valence electrons. The van der Waals surface area contributed by atoms with Crippen LogP contribution in [0.4, 0.5) is 0 Å². The highest BCUT2D eigenvalue weighted by atomic mass is 32.3. The van der Waals surface area contributed by atoms with Crippen LogP contribution in [-0.4, -0.2) is 29.7 Å². The van der Waals surface area contributed by atoms with Crippen LogP contribution in [0.15, 0.2) is 24.3 Å². The maximum atomic E-state index is 8.80. The predicted molar refractivity (Wildman–Crippen MR) is 48.8 cm³/mol. The van der Waals surface area contributed by atoms with Crippen molar-refractivity contribution in [2.24, 2.45) is 0 Å². The van der Waals surface area contributed by atoms with Gasteiger partial charge >= 0.3 is 10.4 Å². The SMILES string of the molecule is COc1ccc(O)cc1.O=S(=O)(O)O. The monoisotopic (exact) mass is 222 g/mol. The van der Waals surface area contributed by atoms with Gasteiger partial charge in [0.15, 0.2) is 0 Å². The number of hydrogen-bond donors (Lipinski definition) is 3. The fourth-order valence-electron chi connectivity index (χ4n) is 0.582. The minimum absolute atomic E-state index is 0.260. The molecule has 0 radical (unpaired) electrons. The van der Waals surface area contributed by atoms with Crippen molar-refractivity contribution >= 4 is 10.4 Å². The van der Waals surface area contributed by atoms with Crippen LogP contribution >= 0.6 is 0 Å². The Morgan fingerprint density at radius 1 is 1.14 bits per heavy atom. The van der Waals surface area contributed by atoms with Gasteiger partial charge < -0.3 is 9.84 Å². The number of hydrogen-bond acceptors (Lipinski definition) is 4. The second-order valence-corrected chi connectivity index (χ2v) is 3.04. The highest BCUT2D eigenvalue weighted by Crippen LogP contribution is 2.14. The van der Waals surface area contributed by atoms with Gasteiger partial charge in [0.1, 0.15) is 11.5 Å². The van der Waals surface area contributed by atoms with Crippen molar-refractivity contribution in [2.75, 3.05) is 7.11 Å². The quantitative estimate of drug-likeness (QED) is 0.605. The molecule has 1 aromatic rings. The molecule has 6 nitrogen and oxygen atoms in total. The Balaban J connectivity index is 0.000000292. The Morgan fingerprint density at radius 2 is 1.50 bits per heavy atom. The molecule has 0 saturated carbocycles. The normalized spacial score (nSPS) is 9.93. The molecule has 7 heteroatoms. The van der Waals surface area contributed by atoms with E-state index in [4.69, 9.17) is 27.4 Å². The standard InChI is InChI=1S/C7H8O2.H2O4S/c1-9-7-4-2-6(8)3-5-7;1-5(2,3)4/h2-5,8H,1H3;(H2,1,2,3,4). The summed E-state index contributed by atoms with van der Waals surface area (Å²) in [5.41, 5.74) is 0. The Bertz CT molecular complexity index is 346. The van der Waals surface area contributed by atoms with Crippen LogP contribution in [-0.2, 0) is 10.4 Å². The van der Waals surface area contributed by atoms with Gasteiger partial charge in [-0.25, -0.2) is 0 Å². The summed E-state index contributed by atoms with van der Waals surface area (Å²) < 4.78 is 36.4. The molecule has 0 aliphatic carbocycles. The van der Waals surface area contributed by atoms with Crippen molar-refractivity contribution in [1.29, 1.82) is 0 Å². The minimum atomic E-state index is -4.67. The van der Waals surface area contributed by atoms with Crippen molar-refractivity contribution in [3.63, 3.8) is 0 Å². The number of methoxy groups -OCH3 is 1. The first-order valence-electron chi connectivity index (χ1n) is 3.36. The smallest absolute Gasteiger partial charge is 0.394 e. The van der Waals surface area contributed by atoms with E-state index >= 15 is 0 Å². The third kappa shape index (κ3) is 8.78. The van der Waals surface area contributed by atoms with Gasteiger partial charge in [-0.2, -0.15) is 8.42 Å². The molecular weight excluding hydrogens is 212 g/mol. The molecule has 0 aliphatic heterocycles. The van der Waals surface area contributed by atoms with Crippen LogP contribution < -0.4 is 4.74 Å². The zero-order valence-electron chi connectivity index (χ0n) is 7.28. The lowest BCUT2D eigenvalue weighted by molar-refractivity contribution is 0.381. The van der Waals surface area contributed by atoms with Crippen LogP contribution in [0.1, 0.15) is 0 Å². The Kier molecular flexibility index (Phi) is 4.92. The summed E-state index contributed by atoms with van der Waals surface area (Å²) in [7, 11) is -3.08. The molecular formula is C7H10O6S. The predicted octanol–water partition coefficient (Wildman–Crippen LogP) is 0.748. The number of rotatable bonds is 1. The summed E-state index contributed by atoms with van der Waals surface area (Å²) in [5.74, 6) is 1.02. The summed E-state index contributed by atoms with van der Waals surface area (Å²) in [6, 6.07) is 6.57. The lowest BCUT2D eigenvalue weighted by atomic mass is 10.3. The van der Waals surface area contributed by atoms with Gasteiger partial charge in [0, 0.05) is 0 Å². The highest BCUT2D eigenvalue weighted by Gasteiger charge is 1.87. The zero-order chi connectivity index (χ0) is 11.2. The molecule has 0 bridgehead atoms. The number of ether oxygens (including phenoxy) is 1. The molecule has 0 aliphatic rings. The zero-order valence-corrected chi connectivity index (χ0v) is 8.10. The minimum Gasteiger partial charge on any atom is -0.508 e. The topological polar surface area (TPSA) is 104 Å². The van der Waals surface area contributed by atoms with E-state index in [0.717, 1.165) is 5.75 Å². The van der Waals surface area contributed by atoms with Crippen molar-refractivity contribution in [2.45, 2.75) is 0 Å². The number of phenolic OH excluding ortho intramolecular Hbond substituents is 1. The Labute approximate surface area is 81.3 Å². The molecule has 0 unspecified atom stereocenters. The molecule has 3 N–H and O–H groups in total. The third-order valence-corrected chi connectivity index (χ3v) is 1.07. The van der Waals surface area contributed by atoms with Crippen LogP contribution in [0, 0.1) is 0 Å². The number of phenols is 1. The number of benzene rings is 1. The van der Waals surface area contributed by atoms with Crippen molar-refractivity contribution in [1.82, 2.24) is 0 Å². The van der Waals surface area contributed by atoms with Crippen LogP contribution in [0.5, 0.6) is 11.5 Å². The second kappa shape index (κ2) is 5.43. The third-order valence-electron chi connectivity index (χ3n) is 1.07. The summed E-state index contributed by atoms with van der Waals surface area (Å²) in [6.07, 6.45) is 0.